The van der Waals surface area contributed by atoms with Crippen LogP contribution in [0.25, 0.3) is 10.9 Å². The minimum Gasteiger partial charge on any atom is -0.361 e. The average Bonchev–Trinajstić information content (AvgIpc) is 2.98. The third-order valence-corrected chi connectivity index (χ3v) is 3.37. The molecule has 0 atom stereocenters. The van der Waals surface area contributed by atoms with Crippen molar-refractivity contribution in [2.45, 2.75) is 6.54 Å². The second kappa shape index (κ2) is 5.66. The molecule has 0 spiro atoms. The highest BCUT2D eigenvalue weighted by Gasteiger charge is 2.11. The Bertz CT molecular complexity index is 751. The van der Waals surface area contributed by atoms with E-state index in [2.05, 4.69) is 15.3 Å². The summed E-state index contributed by atoms with van der Waals surface area (Å²) in [5.41, 5.74) is 2.93. The zero-order valence-corrected chi connectivity index (χ0v) is 11.7. The standard InChI is InChI=1S/C16H16N4O/c1-20(16(21)19-13-5-8-17-9-6-13)11-12-3-2-4-15-14(12)7-10-18-15/h2-10,18H,11H2,1H3,(H,17,19,21). The molecular formula is C16H16N4O. The molecule has 0 saturated carbocycles. The van der Waals surface area contributed by atoms with Crippen molar-refractivity contribution >= 4 is 22.6 Å². The molecule has 106 valence electrons. The Morgan fingerprint density at radius 1 is 1.24 bits per heavy atom. The largest absolute Gasteiger partial charge is 0.361 e. The summed E-state index contributed by atoms with van der Waals surface area (Å²) in [5, 5.41) is 3.98. The summed E-state index contributed by atoms with van der Waals surface area (Å²) in [7, 11) is 1.78. The van der Waals surface area contributed by atoms with Gasteiger partial charge in [-0.2, -0.15) is 0 Å². The number of pyridine rings is 1. The number of H-pyrrole nitrogens is 1. The molecule has 5 nitrogen and oxygen atoms in total. The topological polar surface area (TPSA) is 61.0 Å². The van der Waals surface area contributed by atoms with Gasteiger partial charge >= 0.3 is 6.03 Å². The van der Waals surface area contributed by atoms with Crippen molar-refractivity contribution < 1.29 is 4.79 Å². The van der Waals surface area contributed by atoms with Crippen LogP contribution in [0.1, 0.15) is 5.56 Å². The lowest BCUT2D eigenvalue weighted by atomic mass is 10.1. The highest BCUT2D eigenvalue weighted by Crippen LogP contribution is 2.19. The van der Waals surface area contributed by atoms with Crippen LogP contribution in [-0.2, 0) is 6.54 Å². The number of urea groups is 1. The molecule has 0 unspecified atom stereocenters. The maximum Gasteiger partial charge on any atom is 0.321 e. The van der Waals surface area contributed by atoms with E-state index in [0.717, 1.165) is 22.2 Å². The smallest absolute Gasteiger partial charge is 0.321 e. The fraction of sp³-hybridized carbons (Fsp3) is 0.125. The minimum atomic E-state index is -0.145. The van der Waals surface area contributed by atoms with Gasteiger partial charge in [0, 0.05) is 48.8 Å². The summed E-state index contributed by atoms with van der Waals surface area (Å²) >= 11 is 0. The van der Waals surface area contributed by atoms with E-state index in [1.54, 1.807) is 36.5 Å². The van der Waals surface area contributed by atoms with E-state index in [0.29, 0.717) is 6.54 Å². The predicted molar refractivity (Wildman–Crippen MR) is 83.0 cm³/mol. The normalized spacial score (nSPS) is 10.5. The summed E-state index contributed by atoms with van der Waals surface area (Å²) in [6, 6.07) is 11.5. The molecule has 0 saturated heterocycles. The first-order chi connectivity index (χ1) is 10.2. The molecule has 0 aliphatic rings. The summed E-state index contributed by atoms with van der Waals surface area (Å²) in [4.78, 5) is 20.9. The summed E-state index contributed by atoms with van der Waals surface area (Å²) in [6.07, 6.45) is 5.21. The van der Waals surface area contributed by atoms with Crippen LogP contribution in [0.15, 0.2) is 55.0 Å². The number of fused-ring (bicyclic) bond motifs is 1. The highest BCUT2D eigenvalue weighted by molar-refractivity contribution is 5.89. The monoisotopic (exact) mass is 280 g/mol. The number of carbonyl (C=O) groups is 1. The van der Waals surface area contributed by atoms with Crippen molar-refractivity contribution in [2.24, 2.45) is 0 Å². The molecule has 2 amide bonds. The van der Waals surface area contributed by atoms with E-state index in [1.165, 1.54) is 0 Å². The third kappa shape index (κ3) is 2.86. The number of nitrogens with one attached hydrogen (secondary N) is 2. The van der Waals surface area contributed by atoms with Gasteiger partial charge in [-0.25, -0.2) is 4.79 Å². The molecule has 2 N–H and O–H groups in total. The van der Waals surface area contributed by atoms with Crippen LogP contribution >= 0.6 is 0 Å². The number of aromatic nitrogens is 2. The highest BCUT2D eigenvalue weighted by atomic mass is 16.2. The van der Waals surface area contributed by atoms with Crippen LogP contribution in [0, 0.1) is 0 Å². The Hall–Kier alpha value is -2.82. The lowest BCUT2D eigenvalue weighted by molar-refractivity contribution is 0.221. The Morgan fingerprint density at radius 2 is 2.05 bits per heavy atom. The van der Waals surface area contributed by atoms with Gasteiger partial charge < -0.3 is 15.2 Å². The van der Waals surface area contributed by atoms with Crippen molar-refractivity contribution in [2.75, 3.05) is 12.4 Å². The first kappa shape index (κ1) is 13.2. The lowest BCUT2D eigenvalue weighted by Gasteiger charge is -2.18. The van der Waals surface area contributed by atoms with Crippen LogP contribution in [0.3, 0.4) is 0 Å². The fourth-order valence-electron chi connectivity index (χ4n) is 2.27. The van der Waals surface area contributed by atoms with Crippen LogP contribution in [-0.4, -0.2) is 27.9 Å². The molecule has 2 aromatic heterocycles. The van der Waals surface area contributed by atoms with Gasteiger partial charge in [0.05, 0.1) is 0 Å². The Kier molecular flexibility index (Phi) is 3.55. The van der Waals surface area contributed by atoms with Gasteiger partial charge in [0.25, 0.3) is 0 Å². The second-order valence-corrected chi connectivity index (χ2v) is 4.88. The van der Waals surface area contributed by atoms with Gasteiger partial charge in [0.1, 0.15) is 0 Å². The first-order valence-electron chi connectivity index (χ1n) is 6.71. The summed E-state index contributed by atoms with van der Waals surface area (Å²) in [6.45, 7) is 0.548. The summed E-state index contributed by atoms with van der Waals surface area (Å²) in [5.74, 6) is 0. The van der Waals surface area contributed by atoms with E-state index in [-0.39, 0.29) is 6.03 Å². The first-order valence-corrected chi connectivity index (χ1v) is 6.71. The van der Waals surface area contributed by atoms with Gasteiger partial charge in [-0.05, 0) is 29.8 Å². The number of benzene rings is 1. The molecule has 2 heterocycles. The van der Waals surface area contributed by atoms with Gasteiger partial charge in [0.2, 0.25) is 0 Å². The molecule has 1 aromatic carbocycles. The Morgan fingerprint density at radius 3 is 2.86 bits per heavy atom. The molecule has 0 fully saturated rings. The molecule has 5 heteroatoms. The van der Waals surface area contributed by atoms with Crippen LogP contribution in [0.4, 0.5) is 10.5 Å². The Labute approximate surface area is 122 Å². The maximum absolute atomic E-state index is 12.2. The molecule has 0 aliphatic heterocycles. The maximum atomic E-state index is 12.2. The molecule has 0 radical (unpaired) electrons. The molecule has 0 bridgehead atoms. The zero-order valence-electron chi connectivity index (χ0n) is 11.7. The molecule has 3 rings (SSSR count). The average molecular weight is 280 g/mol. The van der Waals surface area contributed by atoms with E-state index in [4.69, 9.17) is 0 Å². The van der Waals surface area contributed by atoms with Gasteiger partial charge in [0.15, 0.2) is 0 Å². The number of anilines is 1. The van der Waals surface area contributed by atoms with E-state index in [9.17, 15) is 4.79 Å². The van der Waals surface area contributed by atoms with Gasteiger partial charge in [-0.1, -0.05) is 12.1 Å². The number of hydrogen-bond acceptors (Lipinski definition) is 2. The fourth-order valence-corrected chi connectivity index (χ4v) is 2.27. The molecular weight excluding hydrogens is 264 g/mol. The van der Waals surface area contributed by atoms with Crippen LogP contribution in [0.2, 0.25) is 0 Å². The second-order valence-electron chi connectivity index (χ2n) is 4.88. The zero-order chi connectivity index (χ0) is 14.7. The predicted octanol–water partition coefficient (Wildman–Crippen LogP) is 3.23. The van der Waals surface area contributed by atoms with Crippen LogP contribution < -0.4 is 5.32 Å². The van der Waals surface area contributed by atoms with E-state index < -0.39 is 0 Å². The summed E-state index contributed by atoms with van der Waals surface area (Å²) < 4.78 is 0. The minimum absolute atomic E-state index is 0.145. The lowest BCUT2D eigenvalue weighted by Crippen LogP contribution is -2.30. The SMILES string of the molecule is CN(Cc1cccc2[nH]ccc12)C(=O)Nc1ccncc1. The number of aromatic amines is 1. The Balaban J connectivity index is 1.72. The van der Waals surface area contributed by atoms with Crippen LogP contribution in [0.5, 0.6) is 0 Å². The third-order valence-electron chi connectivity index (χ3n) is 3.37. The van der Waals surface area contributed by atoms with Crippen molar-refractivity contribution in [3.8, 4) is 0 Å². The number of hydrogen-bond donors (Lipinski definition) is 2. The van der Waals surface area contributed by atoms with E-state index in [1.807, 2.05) is 30.5 Å². The number of rotatable bonds is 3. The van der Waals surface area contributed by atoms with Crippen molar-refractivity contribution in [1.29, 1.82) is 0 Å². The number of amides is 2. The van der Waals surface area contributed by atoms with Gasteiger partial charge in [-0.3, -0.25) is 4.98 Å². The quantitative estimate of drug-likeness (QED) is 0.773. The molecule has 21 heavy (non-hydrogen) atoms. The van der Waals surface area contributed by atoms with Crippen molar-refractivity contribution in [3.05, 3.63) is 60.6 Å². The van der Waals surface area contributed by atoms with Gasteiger partial charge in [-0.15, -0.1) is 0 Å². The van der Waals surface area contributed by atoms with Crippen molar-refractivity contribution in [3.63, 3.8) is 0 Å². The molecule has 0 aliphatic carbocycles. The van der Waals surface area contributed by atoms with Crippen molar-refractivity contribution in [1.82, 2.24) is 14.9 Å². The number of nitrogens with zero attached hydrogens (tertiary/aromatic N) is 2. The molecule has 3 aromatic rings. The van der Waals surface area contributed by atoms with E-state index >= 15 is 0 Å². The number of carbonyl (C=O) groups excluding carboxylic acids is 1.